The van der Waals surface area contributed by atoms with E-state index in [0.29, 0.717) is 24.2 Å². The van der Waals surface area contributed by atoms with Crippen LogP contribution in [0.15, 0.2) is 18.2 Å². The molecule has 3 unspecified atom stereocenters. The molecule has 0 spiro atoms. The van der Waals surface area contributed by atoms with E-state index in [4.69, 9.17) is 10.5 Å². The van der Waals surface area contributed by atoms with Crippen LogP contribution in [0.3, 0.4) is 0 Å². The molecule has 0 heterocycles. The summed E-state index contributed by atoms with van der Waals surface area (Å²) in [5.74, 6) is 6.90. The van der Waals surface area contributed by atoms with Crippen LogP contribution in [0.25, 0.3) is 0 Å². The molecule has 0 amide bonds. The molecule has 0 bridgehead atoms. The summed E-state index contributed by atoms with van der Waals surface area (Å²) in [6, 6.07) is 4.66. The standard InChI is InChI=1S/C18H24FNO/c1-13-5-8-18(10-14(13)2)21-12-16-6-7-17(19)11-15(16)4-3-9-20/h6-7,11,13-14,18H,5,8-10,12,20H2,1-2H3. The van der Waals surface area contributed by atoms with Crippen molar-refractivity contribution in [2.45, 2.75) is 45.8 Å². The van der Waals surface area contributed by atoms with Crippen LogP contribution < -0.4 is 5.73 Å². The second kappa shape index (κ2) is 7.59. The quantitative estimate of drug-likeness (QED) is 0.865. The minimum atomic E-state index is -0.278. The van der Waals surface area contributed by atoms with Gasteiger partial charge < -0.3 is 10.5 Å². The first-order valence-electron chi connectivity index (χ1n) is 7.69. The Labute approximate surface area is 126 Å². The normalized spacial score (nSPS) is 25.2. The van der Waals surface area contributed by atoms with Gasteiger partial charge in [0.05, 0.1) is 19.3 Å². The Hall–Kier alpha value is -1.37. The zero-order valence-electron chi connectivity index (χ0n) is 12.9. The number of hydrogen-bond acceptors (Lipinski definition) is 2. The summed E-state index contributed by atoms with van der Waals surface area (Å²) in [5, 5.41) is 0. The van der Waals surface area contributed by atoms with Gasteiger partial charge in [-0.1, -0.05) is 31.8 Å². The summed E-state index contributed by atoms with van der Waals surface area (Å²) in [6.45, 7) is 5.35. The van der Waals surface area contributed by atoms with Crippen molar-refractivity contribution in [1.82, 2.24) is 0 Å². The Kier molecular flexibility index (Phi) is 5.78. The van der Waals surface area contributed by atoms with Crippen LogP contribution >= 0.6 is 0 Å². The first-order valence-corrected chi connectivity index (χ1v) is 7.69. The molecular formula is C18H24FNO. The fourth-order valence-corrected chi connectivity index (χ4v) is 2.79. The molecule has 2 rings (SSSR count). The van der Waals surface area contributed by atoms with E-state index in [2.05, 4.69) is 25.7 Å². The van der Waals surface area contributed by atoms with Gasteiger partial charge in [0.15, 0.2) is 0 Å². The van der Waals surface area contributed by atoms with Gasteiger partial charge in [-0.15, -0.1) is 0 Å². The van der Waals surface area contributed by atoms with Gasteiger partial charge in [-0.25, -0.2) is 4.39 Å². The van der Waals surface area contributed by atoms with E-state index in [-0.39, 0.29) is 12.4 Å². The maximum absolute atomic E-state index is 13.3. The van der Waals surface area contributed by atoms with Crippen LogP contribution in [0, 0.1) is 29.5 Å². The number of benzene rings is 1. The van der Waals surface area contributed by atoms with Crippen molar-refractivity contribution in [3.63, 3.8) is 0 Å². The number of nitrogens with two attached hydrogens (primary N) is 1. The largest absolute Gasteiger partial charge is 0.373 e. The van der Waals surface area contributed by atoms with Crippen molar-refractivity contribution < 1.29 is 9.13 Å². The van der Waals surface area contributed by atoms with Crippen LogP contribution in [-0.2, 0) is 11.3 Å². The zero-order valence-corrected chi connectivity index (χ0v) is 12.9. The van der Waals surface area contributed by atoms with E-state index < -0.39 is 0 Å². The third kappa shape index (κ3) is 4.56. The predicted molar refractivity (Wildman–Crippen MR) is 83.1 cm³/mol. The number of hydrogen-bond donors (Lipinski definition) is 1. The lowest BCUT2D eigenvalue weighted by atomic mass is 9.80. The number of ether oxygens (including phenoxy) is 1. The fourth-order valence-electron chi connectivity index (χ4n) is 2.79. The van der Waals surface area contributed by atoms with Crippen LogP contribution in [-0.4, -0.2) is 12.6 Å². The lowest BCUT2D eigenvalue weighted by molar-refractivity contribution is -0.00753. The highest BCUT2D eigenvalue weighted by atomic mass is 19.1. The molecule has 1 aromatic carbocycles. The van der Waals surface area contributed by atoms with Crippen molar-refractivity contribution in [1.29, 1.82) is 0 Å². The molecule has 2 nitrogen and oxygen atoms in total. The molecule has 114 valence electrons. The van der Waals surface area contributed by atoms with E-state index in [9.17, 15) is 4.39 Å². The molecule has 3 heteroatoms. The second-order valence-electron chi connectivity index (χ2n) is 6.01. The second-order valence-corrected chi connectivity index (χ2v) is 6.01. The molecule has 2 N–H and O–H groups in total. The third-order valence-corrected chi connectivity index (χ3v) is 4.42. The number of rotatable bonds is 3. The average Bonchev–Trinajstić information content (AvgIpc) is 2.47. The Morgan fingerprint density at radius 1 is 1.29 bits per heavy atom. The van der Waals surface area contributed by atoms with Crippen LogP contribution in [0.1, 0.15) is 44.2 Å². The third-order valence-electron chi connectivity index (χ3n) is 4.42. The van der Waals surface area contributed by atoms with Crippen molar-refractivity contribution in [3.05, 3.63) is 35.1 Å². The highest BCUT2D eigenvalue weighted by molar-refractivity contribution is 5.41. The summed E-state index contributed by atoms with van der Waals surface area (Å²) >= 11 is 0. The van der Waals surface area contributed by atoms with Crippen molar-refractivity contribution >= 4 is 0 Å². The Morgan fingerprint density at radius 3 is 2.81 bits per heavy atom. The molecule has 1 saturated carbocycles. The molecule has 0 saturated heterocycles. The van der Waals surface area contributed by atoms with Gasteiger partial charge in [0.2, 0.25) is 0 Å². The fraction of sp³-hybridized carbons (Fsp3) is 0.556. The van der Waals surface area contributed by atoms with E-state index in [0.717, 1.165) is 24.3 Å². The summed E-state index contributed by atoms with van der Waals surface area (Å²) in [7, 11) is 0. The first-order chi connectivity index (χ1) is 10.1. The van der Waals surface area contributed by atoms with Gasteiger partial charge in [-0.05, 0) is 48.8 Å². The number of halogens is 1. The predicted octanol–water partition coefficient (Wildman–Crippen LogP) is 3.48. The Balaban J connectivity index is 1.99. The molecule has 3 atom stereocenters. The zero-order chi connectivity index (χ0) is 15.2. The molecule has 0 aromatic heterocycles. The van der Waals surface area contributed by atoms with Crippen molar-refractivity contribution in [2.75, 3.05) is 6.54 Å². The maximum Gasteiger partial charge on any atom is 0.124 e. The molecule has 1 fully saturated rings. The smallest absolute Gasteiger partial charge is 0.124 e. The van der Waals surface area contributed by atoms with E-state index in [1.807, 2.05) is 0 Å². The monoisotopic (exact) mass is 289 g/mol. The Bertz CT molecular complexity index is 532. The van der Waals surface area contributed by atoms with Gasteiger partial charge in [0, 0.05) is 5.56 Å². The van der Waals surface area contributed by atoms with E-state index in [1.165, 1.54) is 18.6 Å². The summed E-state index contributed by atoms with van der Waals surface area (Å²) in [5.41, 5.74) is 7.00. The topological polar surface area (TPSA) is 35.2 Å². The highest BCUT2D eigenvalue weighted by Gasteiger charge is 2.25. The van der Waals surface area contributed by atoms with Gasteiger partial charge in [-0.2, -0.15) is 0 Å². The molecule has 1 aliphatic rings. The van der Waals surface area contributed by atoms with Crippen LogP contribution in [0.5, 0.6) is 0 Å². The van der Waals surface area contributed by atoms with E-state index >= 15 is 0 Å². The van der Waals surface area contributed by atoms with Crippen LogP contribution in [0.4, 0.5) is 4.39 Å². The minimum absolute atomic E-state index is 0.273. The van der Waals surface area contributed by atoms with Crippen molar-refractivity contribution in [2.24, 2.45) is 17.6 Å². The Morgan fingerprint density at radius 2 is 2.10 bits per heavy atom. The molecule has 1 aliphatic carbocycles. The lowest BCUT2D eigenvalue weighted by Gasteiger charge is -2.32. The van der Waals surface area contributed by atoms with Gasteiger partial charge >= 0.3 is 0 Å². The summed E-state index contributed by atoms with van der Waals surface area (Å²) < 4.78 is 19.4. The molecule has 21 heavy (non-hydrogen) atoms. The minimum Gasteiger partial charge on any atom is -0.373 e. The average molecular weight is 289 g/mol. The highest BCUT2D eigenvalue weighted by Crippen LogP contribution is 2.31. The first kappa shape index (κ1) is 16.0. The summed E-state index contributed by atoms with van der Waals surface area (Å²) in [6.07, 6.45) is 3.73. The van der Waals surface area contributed by atoms with Crippen LogP contribution in [0.2, 0.25) is 0 Å². The van der Waals surface area contributed by atoms with Crippen molar-refractivity contribution in [3.8, 4) is 11.8 Å². The summed E-state index contributed by atoms with van der Waals surface area (Å²) in [4.78, 5) is 0. The van der Waals surface area contributed by atoms with E-state index in [1.54, 1.807) is 6.07 Å². The lowest BCUT2D eigenvalue weighted by Crippen LogP contribution is -2.26. The molecule has 1 aromatic rings. The molecule has 0 radical (unpaired) electrons. The molecular weight excluding hydrogens is 265 g/mol. The van der Waals surface area contributed by atoms with Gasteiger partial charge in [0.25, 0.3) is 0 Å². The molecule has 0 aliphatic heterocycles. The van der Waals surface area contributed by atoms with Gasteiger partial charge in [0.1, 0.15) is 5.82 Å². The maximum atomic E-state index is 13.3. The van der Waals surface area contributed by atoms with Gasteiger partial charge in [-0.3, -0.25) is 0 Å². The SMILES string of the molecule is CC1CCC(OCc2ccc(F)cc2C#CCN)CC1C.